The maximum Gasteiger partial charge on any atom is 0.405 e. The summed E-state index contributed by atoms with van der Waals surface area (Å²) in [5.74, 6) is -1.85. The lowest BCUT2D eigenvalue weighted by atomic mass is 10.3. The van der Waals surface area contributed by atoms with Crippen LogP contribution in [0.25, 0.3) is 0 Å². The SMILES string of the molecule is C[C@H](Sc1ccc([N+](=O)[O-])cc1)C(=O)OCC(=O)NCC(F)(F)F. The summed E-state index contributed by atoms with van der Waals surface area (Å²) < 4.78 is 40.3. The van der Waals surface area contributed by atoms with E-state index in [1.807, 2.05) is 0 Å². The molecule has 0 spiro atoms. The number of hydrogen-bond donors (Lipinski definition) is 1. The van der Waals surface area contributed by atoms with Crippen LogP contribution in [0, 0.1) is 10.1 Å². The summed E-state index contributed by atoms with van der Waals surface area (Å²) in [5, 5.41) is 11.3. The lowest BCUT2D eigenvalue weighted by molar-refractivity contribution is -0.384. The molecule has 11 heteroatoms. The molecule has 0 saturated heterocycles. The minimum absolute atomic E-state index is 0.101. The van der Waals surface area contributed by atoms with Gasteiger partial charge in [-0.15, -0.1) is 11.8 Å². The number of carbonyl (C=O) groups is 2. The normalized spacial score (nSPS) is 12.3. The van der Waals surface area contributed by atoms with Crippen molar-refractivity contribution >= 4 is 29.3 Å². The number of alkyl halides is 3. The number of benzene rings is 1. The fourth-order valence-corrected chi connectivity index (χ4v) is 2.27. The molecule has 0 saturated carbocycles. The minimum atomic E-state index is -4.54. The molecule has 1 N–H and O–H groups in total. The summed E-state index contributed by atoms with van der Waals surface area (Å²) in [6.07, 6.45) is -4.54. The third kappa shape index (κ3) is 7.31. The molecule has 0 aliphatic carbocycles. The number of ether oxygens (including phenoxy) is 1. The Morgan fingerprint density at radius 3 is 2.42 bits per heavy atom. The topological polar surface area (TPSA) is 98.5 Å². The Balaban J connectivity index is 2.42. The van der Waals surface area contributed by atoms with Gasteiger partial charge in [0.2, 0.25) is 0 Å². The molecule has 0 bridgehead atoms. The molecule has 1 amide bonds. The van der Waals surface area contributed by atoms with Crippen molar-refractivity contribution in [3.05, 3.63) is 34.4 Å². The summed E-state index contributed by atoms with van der Waals surface area (Å²) in [5.41, 5.74) is -0.101. The van der Waals surface area contributed by atoms with Gasteiger partial charge in [0, 0.05) is 17.0 Å². The highest BCUT2D eigenvalue weighted by atomic mass is 32.2. The van der Waals surface area contributed by atoms with Gasteiger partial charge < -0.3 is 10.1 Å². The molecule has 0 aliphatic heterocycles. The predicted octanol–water partition coefficient (Wildman–Crippen LogP) is 2.30. The number of nitrogens with one attached hydrogen (secondary N) is 1. The van der Waals surface area contributed by atoms with E-state index in [0.29, 0.717) is 4.90 Å². The number of non-ortho nitro benzene ring substituents is 1. The highest BCUT2D eigenvalue weighted by molar-refractivity contribution is 8.00. The van der Waals surface area contributed by atoms with Gasteiger partial charge >= 0.3 is 12.1 Å². The van der Waals surface area contributed by atoms with Crippen molar-refractivity contribution in [2.45, 2.75) is 23.2 Å². The molecule has 0 aromatic heterocycles. The van der Waals surface area contributed by atoms with E-state index in [1.165, 1.54) is 31.2 Å². The van der Waals surface area contributed by atoms with Gasteiger partial charge in [-0.05, 0) is 19.1 Å². The molecule has 132 valence electrons. The van der Waals surface area contributed by atoms with Crippen LogP contribution in [0.4, 0.5) is 18.9 Å². The van der Waals surface area contributed by atoms with Crippen LogP contribution in [0.3, 0.4) is 0 Å². The zero-order valence-electron chi connectivity index (χ0n) is 12.3. The Bertz CT molecular complexity index is 607. The Labute approximate surface area is 138 Å². The fraction of sp³-hybridized carbons (Fsp3) is 0.385. The van der Waals surface area contributed by atoms with Crippen molar-refractivity contribution in [2.24, 2.45) is 0 Å². The average molecular weight is 366 g/mol. The minimum Gasteiger partial charge on any atom is -0.455 e. The highest BCUT2D eigenvalue weighted by Gasteiger charge is 2.28. The van der Waals surface area contributed by atoms with Gasteiger partial charge in [0.15, 0.2) is 6.61 Å². The second-order valence-electron chi connectivity index (χ2n) is 4.51. The second-order valence-corrected chi connectivity index (χ2v) is 5.92. The third-order valence-corrected chi connectivity index (χ3v) is 3.61. The van der Waals surface area contributed by atoms with Crippen molar-refractivity contribution in [2.75, 3.05) is 13.2 Å². The van der Waals surface area contributed by atoms with E-state index in [9.17, 15) is 32.9 Å². The lowest BCUT2D eigenvalue weighted by Crippen LogP contribution is -2.37. The van der Waals surface area contributed by atoms with Gasteiger partial charge in [-0.2, -0.15) is 13.2 Å². The average Bonchev–Trinajstić information content (AvgIpc) is 2.50. The summed E-state index contributed by atoms with van der Waals surface area (Å²) in [6.45, 7) is -0.849. The first kappa shape index (κ1) is 19.7. The van der Waals surface area contributed by atoms with E-state index in [4.69, 9.17) is 0 Å². The quantitative estimate of drug-likeness (QED) is 0.344. The Morgan fingerprint density at radius 2 is 1.92 bits per heavy atom. The molecule has 0 heterocycles. The number of thioether (sulfide) groups is 1. The molecule has 7 nitrogen and oxygen atoms in total. The first-order valence-corrected chi connectivity index (χ1v) is 7.37. The molecule has 0 unspecified atom stereocenters. The summed E-state index contributed by atoms with van der Waals surface area (Å²) in [6, 6.07) is 5.43. The standard InChI is InChI=1S/C13H13F3N2O5S/c1-8(24-10-4-2-9(3-5-10)18(21)22)12(20)23-6-11(19)17-7-13(14,15)16/h2-5,8H,6-7H2,1H3,(H,17,19)/t8-/m0/s1. The van der Waals surface area contributed by atoms with E-state index in [-0.39, 0.29) is 5.69 Å². The highest BCUT2D eigenvalue weighted by Crippen LogP contribution is 2.25. The molecule has 0 aliphatic rings. The molecule has 1 atom stereocenters. The molecule has 0 radical (unpaired) electrons. The number of amides is 1. The summed E-state index contributed by atoms with van der Waals surface area (Å²) in [7, 11) is 0. The lowest BCUT2D eigenvalue weighted by Gasteiger charge is -2.12. The predicted molar refractivity (Wildman–Crippen MR) is 78.4 cm³/mol. The monoisotopic (exact) mass is 366 g/mol. The molecule has 0 fully saturated rings. The first-order valence-electron chi connectivity index (χ1n) is 6.49. The van der Waals surface area contributed by atoms with Crippen LogP contribution in [-0.2, 0) is 14.3 Å². The molecular weight excluding hydrogens is 353 g/mol. The van der Waals surface area contributed by atoms with Gasteiger partial charge in [-0.1, -0.05) is 0 Å². The van der Waals surface area contributed by atoms with Crippen LogP contribution in [0.15, 0.2) is 29.2 Å². The number of halogens is 3. The van der Waals surface area contributed by atoms with Gasteiger partial charge in [-0.3, -0.25) is 19.7 Å². The third-order valence-electron chi connectivity index (χ3n) is 2.52. The van der Waals surface area contributed by atoms with E-state index >= 15 is 0 Å². The number of rotatable bonds is 7. The van der Waals surface area contributed by atoms with Gasteiger partial charge in [0.1, 0.15) is 11.8 Å². The fourth-order valence-electron chi connectivity index (χ4n) is 1.40. The Morgan fingerprint density at radius 1 is 1.33 bits per heavy atom. The number of hydrogen-bond acceptors (Lipinski definition) is 6. The van der Waals surface area contributed by atoms with E-state index < -0.39 is 41.4 Å². The number of esters is 1. The van der Waals surface area contributed by atoms with Crippen molar-refractivity contribution < 1.29 is 32.4 Å². The molecule has 24 heavy (non-hydrogen) atoms. The van der Waals surface area contributed by atoms with Crippen molar-refractivity contribution in [3.63, 3.8) is 0 Å². The van der Waals surface area contributed by atoms with Crippen LogP contribution in [0.2, 0.25) is 0 Å². The Hall–Kier alpha value is -2.30. The number of nitrogens with zero attached hydrogens (tertiary/aromatic N) is 1. The maximum atomic E-state index is 11.9. The summed E-state index contributed by atoms with van der Waals surface area (Å²) in [4.78, 5) is 33.3. The van der Waals surface area contributed by atoms with Gasteiger partial charge in [0.25, 0.3) is 11.6 Å². The van der Waals surface area contributed by atoms with Crippen molar-refractivity contribution in [3.8, 4) is 0 Å². The van der Waals surface area contributed by atoms with Gasteiger partial charge in [0.05, 0.1) is 4.92 Å². The summed E-state index contributed by atoms with van der Waals surface area (Å²) >= 11 is 1.03. The van der Waals surface area contributed by atoms with E-state index in [1.54, 1.807) is 5.32 Å². The molecule has 1 aromatic rings. The van der Waals surface area contributed by atoms with Gasteiger partial charge in [-0.25, -0.2) is 0 Å². The van der Waals surface area contributed by atoms with Crippen LogP contribution in [-0.4, -0.2) is 41.4 Å². The zero-order valence-corrected chi connectivity index (χ0v) is 13.1. The molecular formula is C13H13F3N2O5S. The first-order chi connectivity index (χ1) is 11.1. The molecule has 1 rings (SSSR count). The largest absolute Gasteiger partial charge is 0.455 e. The van der Waals surface area contributed by atoms with E-state index in [2.05, 4.69) is 4.74 Å². The van der Waals surface area contributed by atoms with Crippen LogP contribution in [0.1, 0.15) is 6.92 Å². The van der Waals surface area contributed by atoms with Crippen LogP contribution in [0.5, 0.6) is 0 Å². The van der Waals surface area contributed by atoms with E-state index in [0.717, 1.165) is 11.8 Å². The van der Waals surface area contributed by atoms with Crippen LogP contribution < -0.4 is 5.32 Å². The second kappa shape index (κ2) is 8.52. The smallest absolute Gasteiger partial charge is 0.405 e. The van der Waals surface area contributed by atoms with Crippen molar-refractivity contribution in [1.82, 2.24) is 5.32 Å². The van der Waals surface area contributed by atoms with Crippen LogP contribution >= 0.6 is 11.8 Å². The number of nitro groups is 1. The van der Waals surface area contributed by atoms with Crippen molar-refractivity contribution in [1.29, 1.82) is 0 Å². The maximum absolute atomic E-state index is 11.9. The number of nitro benzene ring substituents is 1. The number of carbonyl (C=O) groups excluding carboxylic acids is 2. The molecule has 1 aromatic carbocycles. The Kier molecular flexibility index (Phi) is 7.01. The zero-order chi connectivity index (χ0) is 18.3.